The van der Waals surface area contributed by atoms with Gasteiger partial charge in [0.05, 0.1) is 16.5 Å². The van der Waals surface area contributed by atoms with Crippen LogP contribution in [0.3, 0.4) is 0 Å². The molecule has 0 atom stereocenters. The zero-order chi connectivity index (χ0) is 21.4. The van der Waals surface area contributed by atoms with E-state index >= 15 is 0 Å². The lowest BCUT2D eigenvalue weighted by molar-refractivity contribution is 0.00392. The van der Waals surface area contributed by atoms with Gasteiger partial charge in [-0.05, 0) is 57.1 Å². The summed E-state index contributed by atoms with van der Waals surface area (Å²) in [5, 5.41) is 15.5. The molecular formula is C23H31N5O3. The fraction of sp³-hybridized carbons (Fsp3) is 0.609. The summed E-state index contributed by atoms with van der Waals surface area (Å²) in [4.78, 5) is 35.1. The van der Waals surface area contributed by atoms with E-state index in [1.807, 2.05) is 6.07 Å². The first-order chi connectivity index (χ1) is 15.0. The molecule has 8 nitrogen and oxygen atoms in total. The zero-order valence-corrected chi connectivity index (χ0v) is 17.8. The average molecular weight is 426 g/mol. The SMILES string of the molecule is O=c1[nH]c(=O)n([C@H]2CC[C@H](CNCC3(O)CCCCC3)CC2)c2c1cnc1[nH]ccc12. The molecule has 0 saturated heterocycles. The van der Waals surface area contributed by atoms with Crippen molar-refractivity contribution in [1.82, 2.24) is 24.8 Å². The molecule has 31 heavy (non-hydrogen) atoms. The van der Waals surface area contributed by atoms with Crippen LogP contribution < -0.4 is 16.6 Å². The Bertz CT molecular complexity index is 1180. The van der Waals surface area contributed by atoms with Gasteiger partial charge in [0, 0.05) is 30.4 Å². The minimum Gasteiger partial charge on any atom is -0.389 e. The molecule has 0 amide bonds. The van der Waals surface area contributed by atoms with Crippen LogP contribution in [-0.2, 0) is 0 Å². The molecule has 0 aliphatic heterocycles. The molecule has 2 fully saturated rings. The van der Waals surface area contributed by atoms with Gasteiger partial charge in [-0.2, -0.15) is 0 Å². The van der Waals surface area contributed by atoms with Crippen molar-refractivity contribution in [2.24, 2.45) is 5.92 Å². The Labute approximate surface area is 180 Å². The molecule has 3 aromatic heterocycles. The van der Waals surface area contributed by atoms with Gasteiger partial charge < -0.3 is 15.4 Å². The van der Waals surface area contributed by atoms with Crippen LogP contribution in [0.2, 0.25) is 0 Å². The average Bonchev–Trinajstić information content (AvgIpc) is 3.24. The van der Waals surface area contributed by atoms with E-state index in [1.165, 1.54) is 6.42 Å². The molecule has 0 aromatic carbocycles. The Morgan fingerprint density at radius 3 is 2.68 bits per heavy atom. The largest absolute Gasteiger partial charge is 0.389 e. The molecule has 2 aliphatic carbocycles. The standard InChI is InChI=1S/C23H31N5O3/c29-21-18-13-26-20-17(8-11-25-20)19(18)28(22(30)27-21)16-6-4-15(5-7-16)12-24-14-23(31)9-2-1-3-10-23/h8,11,13,15-16,24,31H,1-7,9-10,12,14H2,(H,25,26)(H,27,29,30)/t15-,16-. The lowest BCUT2D eigenvalue weighted by Gasteiger charge is -2.34. The first-order valence-corrected chi connectivity index (χ1v) is 11.6. The summed E-state index contributed by atoms with van der Waals surface area (Å²) in [6.45, 7) is 1.58. The molecule has 3 aromatic rings. The van der Waals surface area contributed by atoms with Crippen LogP contribution in [0.4, 0.5) is 0 Å². The minimum atomic E-state index is -0.534. The monoisotopic (exact) mass is 425 g/mol. The van der Waals surface area contributed by atoms with Gasteiger partial charge in [-0.3, -0.25) is 14.3 Å². The van der Waals surface area contributed by atoms with Gasteiger partial charge in [0.25, 0.3) is 5.56 Å². The second kappa shape index (κ2) is 8.24. The minimum absolute atomic E-state index is 0.0612. The number of aromatic nitrogens is 4. The quantitative estimate of drug-likeness (QED) is 0.501. The predicted molar refractivity (Wildman–Crippen MR) is 120 cm³/mol. The van der Waals surface area contributed by atoms with Crippen LogP contribution in [-0.4, -0.2) is 43.3 Å². The highest BCUT2D eigenvalue weighted by atomic mass is 16.3. The van der Waals surface area contributed by atoms with Crippen molar-refractivity contribution in [2.75, 3.05) is 13.1 Å². The van der Waals surface area contributed by atoms with Crippen molar-refractivity contribution in [3.05, 3.63) is 39.3 Å². The van der Waals surface area contributed by atoms with E-state index in [2.05, 4.69) is 20.3 Å². The van der Waals surface area contributed by atoms with Gasteiger partial charge in [-0.15, -0.1) is 0 Å². The maximum Gasteiger partial charge on any atom is 0.329 e. The zero-order valence-electron chi connectivity index (χ0n) is 17.8. The normalized spacial score (nSPS) is 24.0. The Kier molecular flexibility index (Phi) is 5.44. The number of nitrogens with one attached hydrogen (secondary N) is 3. The summed E-state index contributed by atoms with van der Waals surface area (Å²) < 4.78 is 1.78. The van der Waals surface area contributed by atoms with Crippen LogP contribution >= 0.6 is 0 Å². The first kappa shape index (κ1) is 20.5. The Morgan fingerprint density at radius 2 is 1.90 bits per heavy atom. The number of H-pyrrole nitrogens is 2. The van der Waals surface area contributed by atoms with Crippen LogP contribution in [0, 0.1) is 5.92 Å². The highest BCUT2D eigenvalue weighted by Crippen LogP contribution is 2.34. The fourth-order valence-corrected chi connectivity index (χ4v) is 5.60. The molecule has 166 valence electrons. The maximum atomic E-state index is 12.8. The second-order valence-corrected chi connectivity index (χ2v) is 9.48. The summed E-state index contributed by atoms with van der Waals surface area (Å²) in [6, 6.07) is 1.94. The molecule has 4 N–H and O–H groups in total. The lowest BCUT2D eigenvalue weighted by Crippen LogP contribution is -2.44. The van der Waals surface area contributed by atoms with Gasteiger partial charge in [0.1, 0.15) is 5.65 Å². The molecule has 0 spiro atoms. The van der Waals surface area contributed by atoms with Gasteiger partial charge in [-0.1, -0.05) is 19.3 Å². The van der Waals surface area contributed by atoms with Crippen LogP contribution in [0.5, 0.6) is 0 Å². The first-order valence-electron chi connectivity index (χ1n) is 11.6. The summed E-state index contributed by atoms with van der Waals surface area (Å²) in [5.41, 5.74) is 0.108. The van der Waals surface area contributed by atoms with Crippen LogP contribution in [0.25, 0.3) is 21.9 Å². The number of hydrogen-bond donors (Lipinski definition) is 4. The third-order valence-corrected chi connectivity index (χ3v) is 7.34. The Hall–Kier alpha value is -2.45. The second-order valence-electron chi connectivity index (χ2n) is 9.48. The van der Waals surface area contributed by atoms with E-state index in [-0.39, 0.29) is 17.3 Å². The maximum absolute atomic E-state index is 12.8. The molecular weight excluding hydrogens is 394 g/mol. The van der Waals surface area contributed by atoms with E-state index < -0.39 is 5.60 Å². The predicted octanol–water partition coefficient (Wildman–Crippen LogP) is 2.58. The number of aliphatic hydroxyl groups is 1. The van der Waals surface area contributed by atoms with Gasteiger partial charge >= 0.3 is 5.69 Å². The van der Waals surface area contributed by atoms with Gasteiger partial charge in [-0.25, -0.2) is 9.78 Å². The van der Waals surface area contributed by atoms with E-state index in [0.29, 0.717) is 29.0 Å². The van der Waals surface area contributed by atoms with E-state index in [4.69, 9.17) is 0 Å². The molecule has 2 aliphatic rings. The smallest absolute Gasteiger partial charge is 0.329 e. The van der Waals surface area contributed by atoms with E-state index in [9.17, 15) is 14.7 Å². The van der Waals surface area contributed by atoms with Crippen LogP contribution in [0.15, 0.2) is 28.0 Å². The summed E-state index contributed by atoms with van der Waals surface area (Å²) >= 11 is 0. The molecule has 2 saturated carbocycles. The number of pyridine rings is 1. The summed E-state index contributed by atoms with van der Waals surface area (Å²) in [5.74, 6) is 0.544. The number of aromatic amines is 2. The highest BCUT2D eigenvalue weighted by Gasteiger charge is 2.30. The number of fused-ring (bicyclic) bond motifs is 3. The third kappa shape index (κ3) is 3.94. The molecule has 5 rings (SSSR count). The fourth-order valence-electron chi connectivity index (χ4n) is 5.60. The summed E-state index contributed by atoms with van der Waals surface area (Å²) in [6.07, 6.45) is 12.4. The third-order valence-electron chi connectivity index (χ3n) is 7.34. The van der Waals surface area contributed by atoms with Crippen molar-refractivity contribution in [1.29, 1.82) is 0 Å². The van der Waals surface area contributed by atoms with Crippen molar-refractivity contribution in [3.8, 4) is 0 Å². The number of hydrogen-bond acceptors (Lipinski definition) is 5. The number of nitrogens with zero attached hydrogens (tertiary/aromatic N) is 2. The van der Waals surface area contributed by atoms with Crippen molar-refractivity contribution in [2.45, 2.75) is 69.4 Å². The molecule has 8 heteroatoms. The highest BCUT2D eigenvalue weighted by molar-refractivity contribution is 6.01. The molecule has 0 radical (unpaired) electrons. The topological polar surface area (TPSA) is 116 Å². The van der Waals surface area contributed by atoms with Crippen molar-refractivity contribution in [3.63, 3.8) is 0 Å². The Balaban J connectivity index is 1.30. The molecule has 3 heterocycles. The molecule has 0 bridgehead atoms. The summed E-state index contributed by atoms with van der Waals surface area (Å²) in [7, 11) is 0. The van der Waals surface area contributed by atoms with Crippen LogP contribution in [0.1, 0.15) is 63.8 Å². The number of rotatable bonds is 5. The van der Waals surface area contributed by atoms with E-state index in [0.717, 1.165) is 63.3 Å². The van der Waals surface area contributed by atoms with Gasteiger partial charge in [0.15, 0.2) is 0 Å². The van der Waals surface area contributed by atoms with E-state index in [1.54, 1.807) is 17.0 Å². The van der Waals surface area contributed by atoms with Gasteiger partial charge in [0.2, 0.25) is 0 Å². The Morgan fingerprint density at radius 1 is 1.13 bits per heavy atom. The van der Waals surface area contributed by atoms with Crippen molar-refractivity contribution >= 4 is 21.9 Å². The lowest BCUT2D eigenvalue weighted by atomic mass is 9.83. The molecule has 0 unspecified atom stereocenters. The van der Waals surface area contributed by atoms with Crippen molar-refractivity contribution < 1.29 is 5.11 Å².